The van der Waals surface area contributed by atoms with Crippen molar-refractivity contribution in [1.29, 1.82) is 0 Å². The fourth-order valence-corrected chi connectivity index (χ4v) is 2.49. The minimum absolute atomic E-state index is 0.179. The van der Waals surface area contributed by atoms with Crippen molar-refractivity contribution in [3.05, 3.63) is 52.4 Å². The van der Waals surface area contributed by atoms with Gasteiger partial charge < -0.3 is 9.15 Å². The second-order valence-electron chi connectivity index (χ2n) is 4.21. The lowest BCUT2D eigenvalue weighted by atomic mass is 9.99. The van der Waals surface area contributed by atoms with Crippen LogP contribution < -0.4 is 16.0 Å². The lowest BCUT2D eigenvalue weighted by molar-refractivity contribution is 0.357. The summed E-state index contributed by atoms with van der Waals surface area (Å²) in [5.74, 6) is 6.58. The molecule has 0 saturated carbocycles. The van der Waals surface area contributed by atoms with E-state index < -0.39 is 0 Å². The highest BCUT2D eigenvalue weighted by Crippen LogP contribution is 2.33. The van der Waals surface area contributed by atoms with Crippen LogP contribution >= 0.6 is 11.6 Å². The molecule has 18 heavy (non-hydrogen) atoms. The third-order valence-electron chi connectivity index (χ3n) is 3.17. The molecule has 0 aliphatic carbocycles. The van der Waals surface area contributed by atoms with Crippen LogP contribution in [0.1, 0.15) is 22.7 Å². The van der Waals surface area contributed by atoms with Crippen molar-refractivity contribution in [3.8, 4) is 5.75 Å². The zero-order valence-electron chi connectivity index (χ0n) is 9.65. The number of fused-ring (bicyclic) bond motifs is 1. The summed E-state index contributed by atoms with van der Waals surface area (Å²) < 4.78 is 10.6. The second kappa shape index (κ2) is 4.65. The van der Waals surface area contributed by atoms with Gasteiger partial charge in [-0.2, -0.15) is 0 Å². The Bertz CT molecular complexity index is 568. The van der Waals surface area contributed by atoms with Crippen molar-refractivity contribution in [2.75, 3.05) is 6.61 Å². The first-order valence-electron chi connectivity index (χ1n) is 5.74. The molecule has 0 radical (unpaired) electrons. The summed E-state index contributed by atoms with van der Waals surface area (Å²) in [5, 5.41) is 0.356. The van der Waals surface area contributed by atoms with E-state index in [0.717, 1.165) is 29.9 Å². The summed E-state index contributed by atoms with van der Waals surface area (Å²) in [5.41, 5.74) is 5.85. The van der Waals surface area contributed by atoms with Gasteiger partial charge in [0.2, 0.25) is 0 Å². The van der Waals surface area contributed by atoms with Crippen molar-refractivity contribution in [3.63, 3.8) is 0 Å². The summed E-state index contributed by atoms with van der Waals surface area (Å²) in [4.78, 5) is 0. The number of ether oxygens (including phenoxy) is 1. The third kappa shape index (κ3) is 1.88. The molecule has 4 nitrogen and oxygen atoms in total. The van der Waals surface area contributed by atoms with E-state index >= 15 is 0 Å². The lowest BCUT2D eigenvalue weighted by Crippen LogP contribution is -2.28. The van der Waals surface area contributed by atoms with E-state index in [1.54, 1.807) is 6.26 Å². The summed E-state index contributed by atoms with van der Waals surface area (Å²) in [7, 11) is 0. The molecule has 0 saturated heterocycles. The average Bonchev–Trinajstić information content (AvgIpc) is 2.99. The van der Waals surface area contributed by atoms with E-state index in [-0.39, 0.29) is 6.04 Å². The van der Waals surface area contributed by atoms with Crippen LogP contribution in [-0.4, -0.2) is 6.61 Å². The van der Waals surface area contributed by atoms with Gasteiger partial charge in [0.1, 0.15) is 5.75 Å². The van der Waals surface area contributed by atoms with Crippen molar-refractivity contribution >= 4 is 11.6 Å². The Morgan fingerprint density at radius 2 is 2.22 bits per heavy atom. The number of nitrogens with two attached hydrogens (primary N) is 1. The predicted octanol–water partition coefficient (Wildman–Crippen LogP) is 2.42. The maximum atomic E-state index is 5.99. The van der Waals surface area contributed by atoms with Crippen LogP contribution in [0.5, 0.6) is 5.75 Å². The molecule has 1 unspecified atom stereocenters. The fourth-order valence-electron chi connectivity index (χ4n) is 2.26. The highest BCUT2D eigenvalue weighted by Gasteiger charge is 2.20. The largest absolute Gasteiger partial charge is 0.493 e. The first-order chi connectivity index (χ1) is 8.79. The van der Waals surface area contributed by atoms with Crippen LogP contribution in [-0.2, 0) is 6.42 Å². The quantitative estimate of drug-likeness (QED) is 0.660. The lowest BCUT2D eigenvalue weighted by Gasteiger charge is -2.16. The van der Waals surface area contributed by atoms with Crippen LogP contribution in [0.4, 0.5) is 0 Å². The van der Waals surface area contributed by atoms with Crippen LogP contribution in [0.3, 0.4) is 0 Å². The van der Waals surface area contributed by atoms with E-state index in [4.69, 9.17) is 26.6 Å². The molecule has 1 aliphatic rings. The molecule has 1 aromatic heterocycles. The molecule has 5 heteroatoms. The van der Waals surface area contributed by atoms with E-state index in [2.05, 4.69) is 11.5 Å². The number of hydrogen-bond donors (Lipinski definition) is 2. The number of benzene rings is 1. The Hall–Kier alpha value is -1.49. The van der Waals surface area contributed by atoms with Crippen LogP contribution in [0.15, 0.2) is 34.9 Å². The van der Waals surface area contributed by atoms with E-state index in [1.165, 1.54) is 5.56 Å². The summed E-state index contributed by atoms with van der Waals surface area (Å²) in [6, 6.07) is 7.68. The van der Waals surface area contributed by atoms with Gasteiger partial charge in [0, 0.05) is 12.0 Å². The average molecular weight is 265 g/mol. The maximum Gasteiger partial charge on any atom is 0.198 e. The monoisotopic (exact) mass is 264 g/mol. The molecular weight excluding hydrogens is 252 g/mol. The van der Waals surface area contributed by atoms with Gasteiger partial charge >= 0.3 is 0 Å². The minimum Gasteiger partial charge on any atom is -0.493 e. The van der Waals surface area contributed by atoms with Gasteiger partial charge in [0.15, 0.2) is 5.22 Å². The van der Waals surface area contributed by atoms with Crippen LogP contribution in [0, 0.1) is 0 Å². The molecule has 0 spiro atoms. The smallest absolute Gasteiger partial charge is 0.198 e. The number of halogens is 1. The Morgan fingerprint density at radius 3 is 2.94 bits per heavy atom. The van der Waals surface area contributed by atoms with Crippen LogP contribution in [0.25, 0.3) is 0 Å². The van der Waals surface area contributed by atoms with Crippen LogP contribution in [0.2, 0.25) is 5.22 Å². The molecule has 0 bridgehead atoms. The minimum atomic E-state index is -0.179. The number of furan rings is 1. The molecule has 2 aromatic rings. The SMILES string of the molecule is NNC(c1ccc2c(c1)CCO2)c1ccoc1Cl. The van der Waals surface area contributed by atoms with Gasteiger partial charge in [0.05, 0.1) is 18.9 Å². The van der Waals surface area contributed by atoms with E-state index in [9.17, 15) is 0 Å². The molecule has 2 heterocycles. The number of nitrogens with one attached hydrogen (secondary N) is 1. The van der Waals surface area contributed by atoms with Crippen molar-refractivity contribution < 1.29 is 9.15 Å². The molecule has 94 valence electrons. The van der Waals surface area contributed by atoms with Gasteiger partial charge in [-0.3, -0.25) is 5.84 Å². The topological polar surface area (TPSA) is 60.4 Å². The van der Waals surface area contributed by atoms with Gasteiger partial charge in [-0.15, -0.1) is 0 Å². The number of rotatable bonds is 3. The summed E-state index contributed by atoms with van der Waals surface area (Å²) in [6.45, 7) is 0.742. The van der Waals surface area contributed by atoms with Gasteiger partial charge in [0.25, 0.3) is 0 Å². The second-order valence-corrected chi connectivity index (χ2v) is 4.56. The number of hydrogen-bond acceptors (Lipinski definition) is 4. The molecule has 1 aromatic carbocycles. The maximum absolute atomic E-state index is 5.99. The predicted molar refractivity (Wildman–Crippen MR) is 68.5 cm³/mol. The normalized spacial score (nSPS) is 15.2. The Kier molecular flexibility index (Phi) is 2.99. The zero-order valence-corrected chi connectivity index (χ0v) is 10.4. The first kappa shape index (κ1) is 11.6. The highest BCUT2D eigenvalue weighted by atomic mass is 35.5. The van der Waals surface area contributed by atoms with Crippen molar-refractivity contribution in [2.45, 2.75) is 12.5 Å². The fraction of sp³-hybridized carbons (Fsp3) is 0.231. The Labute approximate surface area is 110 Å². The zero-order chi connectivity index (χ0) is 12.5. The summed E-state index contributed by atoms with van der Waals surface area (Å²) in [6.07, 6.45) is 2.48. The standard InChI is InChI=1S/C13H13ClN2O2/c14-13-10(4-6-18-13)12(16-15)9-1-2-11-8(7-9)3-5-17-11/h1-2,4,6-7,12,16H,3,5,15H2. The van der Waals surface area contributed by atoms with Gasteiger partial charge in [-0.25, -0.2) is 5.43 Å². The molecule has 3 rings (SSSR count). The molecule has 1 aliphatic heterocycles. The molecule has 0 fully saturated rings. The molecular formula is C13H13ClN2O2. The first-order valence-corrected chi connectivity index (χ1v) is 6.12. The van der Waals surface area contributed by atoms with E-state index in [0.29, 0.717) is 5.22 Å². The molecule has 0 amide bonds. The number of hydrazine groups is 1. The van der Waals surface area contributed by atoms with Crippen molar-refractivity contribution in [2.24, 2.45) is 5.84 Å². The Balaban J connectivity index is 2.00. The Morgan fingerprint density at radius 1 is 1.33 bits per heavy atom. The third-order valence-corrected chi connectivity index (χ3v) is 3.48. The highest BCUT2D eigenvalue weighted by molar-refractivity contribution is 6.29. The summed E-state index contributed by atoms with van der Waals surface area (Å²) >= 11 is 5.99. The molecule has 1 atom stereocenters. The van der Waals surface area contributed by atoms with Gasteiger partial charge in [-0.1, -0.05) is 12.1 Å². The molecule has 3 N–H and O–H groups in total. The van der Waals surface area contributed by atoms with E-state index in [1.807, 2.05) is 18.2 Å². The van der Waals surface area contributed by atoms with Gasteiger partial charge in [-0.05, 0) is 34.9 Å². The van der Waals surface area contributed by atoms with Crippen molar-refractivity contribution in [1.82, 2.24) is 5.43 Å².